The molecule has 2 aromatic rings. The molecule has 1 aromatic heterocycles. The molecule has 0 saturated heterocycles. The summed E-state index contributed by atoms with van der Waals surface area (Å²) in [6, 6.07) is 5.58. The maximum Gasteiger partial charge on any atom is 0.419 e. The fraction of sp³-hybridized carbons (Fsp3) is 0.545. The Morgan fingerprint density at radius 2 is 1.90 bits per heavy atom. The zero-order valence-corrected chi connectivity index (χ0v) is 22.2. The summed E-state index contributed by atoms with van der Waals surface area (Å²) in [5.41, 5.74) is 1.29. The number of alkyl halides is 1. The molecule has 1 fully saturated rings. The van der Waals surface area contributed by atoms with Crippen molar-refractivity contribution in [1.29, 1.82) is 0 Å². The van der Waals surface area contributed by atoms with Crippen molar-refractivity contribution in [2.45, 2.75) is 51.0 Å². The van der Waals surface area contributed by atoms with Crippen LogP contribution in [0.3, 0.4) is 0 Å². The van der Waals surface area contributed by atoms with Gasteiger partial charge in [-0.15, -0.1) is 0 Å². The van der Waals surface area contributed by atoms with Crippen LogP contribution in [0.4, 0.5) is 4.79 Å². The fourth-order valence-electron chi connectivity index (χ4n) is 4.34. The Morgan fingerprint density at radius 1 is 1.20 bits per heavy atom. The molecule has 0 radical (unpaired) electrons. The molecule has 1 aromatic carbocycles. The summed E-state index contributed by atoms with van der Waals surface area (Å²) in [5.74, 6) is 1.01. The van der Waals surface area contributed by atoms with Crippen LogP contribution in [0.15, 0.2) is 27.3 Å². The lowest BCUT2D eigenvalue weighted by Gasteiger charge is -2.37. The zero-order chi connectivity index (χ0) is 22.2. The summed E-state index contributed by atoms with van der Waals surface area (Å²) < 4.78 is 13.7. The average molecular weight is 608 g/mol. The van der Waals surface area contributed by atoms with E-state index in [4.69, 9.17) is 9.47 Å². The maximum atomic E-state index is 13.2. The van der Waals surface area contributed by atoms with Crippen LogP contribution in [-0.4, -0.2) is 29.8 Å². The average Bonchev–Trinajstić information content (AvgIpc) is 2.97. The highest BCUT2D eigenvalue weighted by Gasteiger charge is 2.36. The molecule has 8 heteroatoms. The summed E-state index contributed by atoms with van der Waals surface area (Å²) in [7, 11) is 1.33. The lowest BCUT2D eigenvalue weighted by molar-refractivity contribution is -0.155. The lowest BCUT2D eigenvalue weighted by atomic mass is 9.75. The quantitative estimate of drug-likeness (QED) is 0.272. The number of halogens is 3. The third-order valence-corrected chi connectivity index (χ3v) is 8.06. The van der Waals surface area contributed by atoms with E-state index < -0.39 is 10.9 Å². The second kappa shape index (κ2) is 9.74. The van der Waals surface area contributed by atoms with Crippen molar-refractivity contribution in [2.24, 2.45) is 17.8 Å². The van der Waals surface area contributed by atoms with E-state index in [1.54, 1.807) is 0 Å². The van der Waals surface area contributed by atoms with Crippen LogP contribution in [-0.2, 0) is 14.3 Å². The third kappa shape index (κ3) is 4.65. The van der Waals surface area contributed by atoms with Gasteiger partial charge in [0.1, 0.15) is 15.5 Å². The molecule has 0 N–H and O–H groups in total. The Morgan fingerprint density at radius 3 is 2.53 bits per heavy atom. The predicted octanol–water partition coefficient (Wildman–Crippen LogP) is 7.22. The largest absolute Gasteiger partial charge is 0.461 e. The van der Waals surface area contributed by atoms with E-state index in [9.17, 15) is 9.59 Å². The molecule has 0 bridgehead atoms. The topological polar surface area (TPSA) is 57.5 Å². The molecule has 3 rings (SSSR count). The number of esters is 1. The number of carbonyl (C=O) groups excluding carboxylic acids is 2. The molecule has 1 aliphatic carbocycles. The number of ether oxygens (including phenoxy) is 2. The summed E-state index contributed by atoms with van der Waals surface area (Å²) in [6.45, 7) is 6.58. The lowest BCUT2D eigenvalue weighted by Crippen LogP contribution is -2.36. The second-order valence-corrected chi connectivity index (χ2v) is 10.9. The van der Waals surface area contributed by atoms with Crippen LogP contribution in [0.25, 0.3) is 10.9 Å². The standard InChI is InChI=1S/C22H26Br3NO4/c1-11(2)14-7-5-12(3)9-17(14)30-21(27)19(24)18-15-8-6-13(23)10-16(15)26(20(18)25)22(28)29-4/h6,8,10-12,14,17,19H,5,7,9H2,1-4H3/t12-,14+,17-,19+/m1/s1. The smallest absolute Gasteiger partial charge is 0.419 e. The van der Waals surface area contributed by atoms with E-state index >= 15 is 0 Å². The summed E-state index contributed by atoms with van der Waals surface area (Å²) in [5, 5.41) is 0.770. The van der Waals surface area contributed by atoms with Gasteiger partial charge in [0.05, 0.1) is 12.6 Å². The number of fused-ring (bicyclic) bond motifs is 1. The normalized spacial score (nSPS) is 22.9. The maximum absolute atomic E-state index is 13.2. The molecule has 0 spiro atoms. The monoisotopic (exact) mass is 605 g/mol. The summed E-state index contributed by atoms with van der Waals surface area (Å²) >= 11 is 10.5. The van der Waals surface area contributed by atoms with Gasteiger partial charge in [0.15, 0.2) is 0 Å². The van der Waals surface area contributed by atoms with Gasteiger partial charge in [-0.1, -0.05) is 65.1 Å². The number of rotatable bonds is 4. The van der Waals surface area contributed by atoms with Gasteiger partial charge in [0.25, 0.3) is 0 Å². The Hall–Kier alpha value is -0.860. The van der Waals surface area contributed by atoms with Gasteiger partial charge >= 0.3 is 12.1 Å². The Kier molecular flexibility index (Phi) is 7.72. The van der Waals surface area contributed by atoms with Gasteiger partial charge < -0.3 is 9.47 Å². The molecule has 0 unspecified atom stereocenters. The first kappa shape index (κ1) is 23.8. The van der Waals surface area contributed by atoms with Crippen molar-refractivity contribution in [3.05, 3.63) is 32.8 Å². The van der Waals surface area contributed by atoms with Crippen LogP contribution in [0.2, 0.25) is 0 Å². The second-order valence-electron chi connectivity index (χ2n) is 8.34. The highest BCUT2D eigenvalue weighted by atomic mass is 79.9. The third-order valence-electron chi connectivity index (χ3n) is 5.96. The summed E-state index contributed by atoms with van der Waals surface area (Å²) in [4.78, 5) is 24.9. The zero-order valence-electron chi connectivity index (χ0n) is 17.5. The molecule has 164 valence electrons. The van der Waals surface area contributed by atoms with Crippen molar-refractivity contribution in [3.63, 3.8) is 0 Å². The van der Waals surface area contributed by atoms with Crippen molar-refractivity contribution in [1.82, 2.24) is 4.57 Å². The Bertz CT molecular complexity index is 955. The van der Waals surface area contributed by atoms with E-state index in [2.05, 4.69) is 68.6 Å². The first-order valence-electron chi connectivity index (χ1n) is 10.1. The van der Waals surface area contributed by atoms with Gasteiger partial charge in [-0.3, -0.25) is 4.79 Å². The van der Waals surface area contributed by atoms with Gasteiger partial charge in [-0.2, -0.15) is 0 Å². The molecule has 5 nitrogen and oxygen atoms in total. The highest BCUT2D eigenvalue weighted by Crippen LogP contribution is 2.42. The van der Waals surface area contributed by atoms with E-state index in [0.717, 1.165) is 22.7 Å². The first-order valence-corrected chi connectivity index (χ1v) is 12.6. The van der Waals surface area contributed by atoms with Gasteiger partial charge in [-0.05, 0) is 58.7 Å². The highest BCUT2D eigenvalue weighted by molar-refractivity contribution is 9.11. The Labute approximate surface area is 202 Å². The molecule has 1 aliphatic rings. The molecule has 30 heavy (non-hydrogen) atoms. The van der Waals surface area contributed by atoms with E-state index in [1.165, 1.54) is 18.1 Å². The minimum atomic E-state index is -0.716. The fourth-order valence-corrected chi connectivity index (χ4v) is 6.35. The molecule has 1 heterocycles. The van der Waals surface area contributed by atoms with Crippen LogP contribution < -0.4 is 0 Å². The molecular weight excluding hydrogens is 582 g/mol. The number of aromatic nitrogens is 1. The van der Waals surface area contributed by atoms with E-state index in [1.807, 2.05) is 18.2 Å². The number of methoxy groups -OCH3 is 1. The number of benzene rings is 1. The van der Waals surface area contributed by atoms with Gasteiger partial charge in [-0.25, -0.2) is 9.36 Å². The van der Waals surface area contributed by atoms with Gasteiger partial charge in [0.2, 0.25) is 0 Å². The Balaban J connectivity index is 1.96. The molecule has 4 atom stereocenters. The number of hydrogen-bond donors (Lipinski definition) is 0. The van der Waals surface area contributed by atoms with E-state index in [0.29, 0.717) is 33.4 Å². The van der Waals surface area contributed by atoms with Crippen LogP contribution >= 0.6 is 47.8 Å². The van der Waals surface area contributed by atoms with Crippen LogP contribution in [0, 0.1) is 17.8 Å². The van der Waals surface area contributed by atoms with Crippen LogP contribution in [0.1, 0.15) is 50.4 Å². The van der Waals surface area contributed by atoms with Crippen molar-refractivity contribution >= 4 is 70.8 Å². The molecule has 0 amide bonds. The number of nitrogens with zero attached hydrogens (tertiary/aromatic N) is 1. The minimum Gasteiger partial charge on any atom is -0.461 e. The first-order chi connectivity index (χ1) is 14.1. The SMILES string of the molecule is COC(=O)n1c(Br)c([C@H](Br)C(=O)O[C@@H]2C[C@H](C)CC[C@H]2C(C)C)c2ccc(Br)cc21. The van der Waals surface area contributed by atoms with Gasteiger partial charge in [0, 0.05) is 15.4 Å². The van der Waals surface area contributed by atoms with Crippen molar-refractivity contribution in [2.75, 3.05) is 7.11 Å². The molecular formula is C22H26Br3NO4. The predicted molar refractivity (Wildman–Crippen MR) is 128 cm³/mol. The minimum absolute atomic E-state index is 0.0943. The molecule has 1 saturated carbocycles. The number of hydrogen-bond acceptors (Lipinski definition) is 4. The number of carbonyl (C=O) groups is 2. The van der Waals surface area contributed by atoms with Crippen molar-refractivity contribution < 1.29 is 19.1 Å². The van der Waals surface area contributed by atoms with Crippen molar-refractivity contribution in [3.8, 4) is 0 Å². The molecule has 0 aliphatic heterocycles. The van der Waals surface area contributed by atoms with Crippen LogP contribution in [0.5, 0.6) is 0 Å². The van der Waals surface area contributed by atoms with E-state index in [-0.39, 0.29) is 12.1 Å². The summed E-state index contributed by atoms with van der Waals surface area (Å²) in [6.07, 6.45) is 2.49.